The molecular weight excluding hydrogens is 371 g/mol. The monoisotopic (exact) mass is 384 g/mol. The molecule has 2 rings (SSSR count). The van der Waals surface area contributed by atoms with Crippen LogP contribution in [0.5, 0.6) is 0 Å². The Morgan fingerprint density at radius 1 is 1.08 bits per heavy atom. The lowest BCUT2D eigenvalue weighted by molar-refractivity contribution is -0.383. The molecular formula is C13H13F3NO5S2+. The summed E-state index contributed by atoms with van der Waals surface area (Å²) in [5, 5.41) is 12.6. The number of nitro benzene ring substituents is 1. The second kappa shape index (κ2) is 7.36. The van der Waals surface area contributed by atoms with Crippen molar-refractivity contribution in [2.24, 2.45) is 0 Å². The van der Waals surface area contributed by atoms with Crippen molar-refractivity contribution in [2.45, 2.75) is 10.4 Å². The molecule has 0 amide bonds. The molecule has 1 N–H and O–H groups in total. The normalized spacial score (nSPS) is 12.0. The summed E-state index contributed by atoms with van der Waals surface area (Å²) in [7, 11) is -5.74. The van der Waals surface area contributed by atoms with Gasteiger partial charge in [-0.3, -0.25) is 14.7 Å². The van der Waals surface area contributed by atoms with Gasteiger partial charge in [-0.1, -0.05) is 12.1 Å². The fourth-order valence-electron chi connectivity index (χ4n) is 1.77. The maximum Gasteiger partial charge on any atom is 0.522 e. The number of rotatable bonds is 2. The molecule has 2 aromatic carbocycles. The molecule has 6 nitrogen and oxygen atoms in total. The highest BCUT2D eigenvalue weighted by atomic mass is 32.2. The first-order valence-electron chi connectivity index (χ1n) is 6.13. The lowest BCUT2D eigenvalue weighted by Gasteiger charge is -2.03. The van der Waals surface area contributed by atoms with E-state index in [1.54, 1.807) is 6.07 Å². The molecule has 24 heavy (non-hydrogen) atoms. The van der Waals surface area contributed by atoms with Gasteiger partial charge in [-0.2, -0.15) is 21.6 Å². The van der Waals surface area contributed by atoms with Crippen LogP contribution in [-0.4, -0.2) is 35.9 Å². The van der Waals surface area contributed by atoms with Crippen LogP contribution in [0.3, 0.4) is 0 Å². The minimum absolute atomic E-state index is 0.102. The number of halogens is 3. The number of nitro groups is 1. The molecule has 0 fully saturated rings. The average molecular weight is 384 g/mol. The number of hydrogen-bond acceptors (Lipinski definition) is 4. The Balaban J connectivity index is 0.000000307. The lowest BCUT2D eigenvalue weighted by Crippen LogP contribution is -2.21. The van der Waals surface area contributed by atoms with Crippen molar-refractivity contribution in [3.05, 3.63) is 46.5 Å². The third kappa shape index (κ3) is 4.82. The van der Waals surface area contributed by atoms with Gasteiger partial charge in [-0.15, -0.1) is 0 Å². The van der Waals surface area contributed by atoms with Crippen LogP contribution in [-0.2, 0) is 21.0 Å². The van der Waals surface area contributed by atoms with Gasteiger partial charge in [0.15, 0.2) is 4.90 Å². The molecule has 0 radical (unpaired) electrons. The summed E-state index contributed by atoms with van der Waals surface area (Å²) in [6, 6.07) is 11.0. The van der Waals surface area contributed by atoms with Gasteiger partial charge in [-0.05, 0) is 12.1 Å². The highest BCUT2D eigenvalue weighted by Crippen LogP contribution is 2.30. The zero-order chi connectivity index (χ0) is 18.7. The molecule has 0 spiro atoms. The Bertz CT molecular complexity index is 850. The Hall–Kier alpha value is -1.85. The van der Waals surface area contributed by atoms with E-state index in [1.165, 1.54) is 4.90 Å². The fraction of sp³-hybridized carbons (Fsp3) is 0.231. The van der Waals surface area contributed by atoms with Gasteiger partial charge in [0.05, 0.1) is 10.3 Å². The average Bonchev–Trinajstić information content (AvgIpc) is 2.44. The SMILES string of the molecule is C[S+](C)c1ccc([N+](=O)[O-])c2ccccc12.O=S(=O)(O)C(F)(F)F. The predicted molar refractivity (Wildman–Crippen MR) is 85.7 cm³/mol. The Morgan fingerprint density at radius 2 is 1.54 bits per heavy atom. The van der Waals surface area contributed by atoms with E-state index in [-0.39, 0.29) is 21.5 Å². The van der Waals surface area contributed by atoms with Gasteiger partial charge in [0.25, 0.3) is 5.69 Å². The van der Waals surface area contributed by atoms with E-state index >= 15 is 0 Å². The smallest absolute Gasteiger partial charge is 0.279 e. The maximum atomic E-state index is 10.9. The van der Waals surface area contributed by atoms with E-state index in [4.69, 9.17) is 13.0 Å². The zero-order valence-corrected chi connectivity index (χ0v) is 14.1. The van der Waals surface area contributed by atoms with Crippen LogP contribution in [0, 0.1) is 10.1 Å². The van der Waals surface area contributed by atoms with Gasteiger partial charge in [0.2, 0.25) is 0 Å². The van der Waals surface area contributed by atoms with Gasteiger partial charge in [-0.25, -0.2) is 0 Å². The predicted octanol–water partition coefficient (Wildman–Crippen LogP) is 3.38. The topological polar surface area (TPSA) is 97.5 Å². The summed E-state index contributed by atoms with van der Waals surface area (Å²) in [6.07, 6.45) is 4.24. The van der Waals surface area contributed by atoms with Crippen molar-refractivity contribution in [3.63, 3.8) is 0 Å². The number of alkyl halides is 3. The summed E-state index contributed by atoms with van der Waals surface area (Å²) >= 11 is 0. The second-order valence-corrected chi connectivity index (χ2v) is 8.11. The zero-order valence-electron chi connectivity index (χ0n) is 12.4. The van der Waals surface area contributed by atoms with Crippen molar-refractivity contribution in [1.29, 1.82) is 0 Å². The quantitative estimate of drug-likeness (QED) is 0.281. The first kappa shape index (κ1) is 20.2. The van der Waals surface area contributed by atoms with Gasteiger partial charge in [0, 0.05) is 28.4 Å². The van der Waals surface area contributed by atoms with Crippen LogP contribution in [0.4, 0.5) is 18.9 Å². The molecule has 0 bridgehead atoms. The molecule has 0 saturated heterocycles. The summed E-state index contributed by atoms with van der Waals surface area (Å²) in [6.45, 7) is 0. The van der Waals surface area contributed by atoms with E-state index in [0.717, 1.165) is 10.8 Å². The molecule has 0 heterocycles. The van der Waals surface area contributed by atoms with E-state index in [1.807, 2.05) is 30.3 Å². The molecule has 0 aliphatic rings. The standard InChI is InChI=1S/C12H12NO2S.CHF3O3S/c1-16(2)12-8-7-11(13(14)15)9-5-3-4-6-10(9)12;2-1(3,4)8(5,6)7/h3-8H,1-2H3;(H,5,6,7)/q+1;. The number of hydrogen-bond donors (Lipinski definition) is 1. The van der Waals surface area contributed by atoms with Crippen LogP contribution in [0.15, 0.2) is 41.3 Å². The summed E-state index contributed by atoms with van der Waals surface area (Å²) < 4.78 is 57.5. The molecule has 0 aliphatic carbocycles. The Labute approximate surface area is 138 Å². The molecule has 11 heteroatoms. The number of non-ortho nitro benzene ring substituents is 1. The molecule has 0 saturated carbocycles. The first-order chi connectivity index (χ1) is 10.9. The van der Waals surface area contributed by atoms with Crippen LogP contribution in [0.25, 0.3) is 10.8 Å². The van der Waals surface area contributed by atoms with Gasteiger partial charge >= 0.3 is 15.6 Å². The molecule has 0 unspecified atom stereocenters. The number of nitrogens with zero attached hydrogens (tertiary/aromatic N) is 1. The van der Waals surface area contributed by atoms with Crippen molar-refractivity contribution >= 4 is 37.5 Å². The minimum Gasteiger partial charge on any atom is -0.279 e. The van der Waals surface area contributed by atoms with Crippen molar-refractivity contribution in [3.8, 4) is 0 Å². The summed E-state index contributed by atoms with van der Waals surface area (Å²) in [5.74, 6) is 0. The summed E-state index contributed by atoms with van der Waals surface area (Å²) in [4.78, 5) is 11.8. The molecule has 0 aromatic heterocycles. The van der Waals surface area contributed by atoms with Crippen LogP contribution in [0.1, 0.15) is 0 Å². The van der Waals surface area contributed by atoms with Crippen molar-refractivity contribution in [1.82, 2.24) is 0 Å². The number of benzene rings is 2. The molecule has 2 aromatic rings. The summed E-state index contributed by atoms with van der Waals surface area (Å²) in [5.41, 5.74) is -5.35. The van der Waals surface area contributed by atoms with Crippen molar-refractivity contribution < 1.29 is 31.1 Å². The first-order valence-corrected chi connectivity index (χ1v) is 9.62. The third-order valence-electron chi connectivity index (χ3n) is 2.79. The third-order valence-corrected chi connectivity index (χ3v) is 4.61. The molecule has 132 valence electrons. The second-order valence-electron chi connectivity index (χ2n) is 4.62. The highest BCUT2D eigenvalue weighted by Gasteiger charge is 2.44. The van der Waals surface area contributed by atoms with Gasteiger partial charge < -0.3 is 0 Å². The largest absolute Gasteiger partial charge is 0.522 e. The number of fused-ring (bicyclic) bond motifs is 1. The minimum atomic E-state index is -5.84. The van der Waals surface area contributed by atoms with E-state index in [0.29, 0.717) is 0 Å². The Morgan fingerprint density at radius 3 is 1.92 bits per heavy atom. The van der Waals surface area contributed by atoms with Crippen molar-refractivity contribution in [2.75, 3.05) is 12.5 Å². The lowest BCUT2D eigenvalue weighted by atomic mass is 10.1. The molecule has 0 aliphatic heterocycles. The van der Waals surface area contributed by atoms with Crippen LogP contribution < -0.4 is 0 Å². The maximum absolute atomic E-state index is 10.9. The Kier molecular flexibility index (Phi) is 6.20. The van der Waals surface area contributed by atoms with E-state index < -0.39 is 15.6 Å². The van der Waals surface area contributed by atoms with Crippen LogP contribution in [0.2, 0.25) is 0 Å². The van der Waals surface area contributed by atoms with Crippen LogP contribution >= 0.6 is 0 Å². The van der Waals surface area contributed by atoms with E-state index in [2.05, 4.69) is 12.5 Å². The fourth-order valence-corrected chi connectivity index (χ4v) is 2.73. The molecule has 0 atom stereocenters. The van der Waals surface area contributed by atoms with E-state index in [9.17, 15) is 23.3 Å². The highest BCUT2D eigenvalue weighted by molar-refractivity contribution is 7.95. The van der Waals surface area contributed by atoms with Gasteiger partial charge in [0.1, 0.15) is 12.5 Å².